The predicted molar refractivity (Wildman–Crippen MR) is 226 cm³/mol. The zero-order chi connectivity index (χ0) is 44.9. The Kier molecular flexibility index (Phi) is 11.7. The second-order valence-electron chi connectivity index (χ2n) is 17.5. The second kappa shape index (κ2) is 16.4. The molecule has 3 aromatic rings. The van der Waals surface area contributed by atoms with E-state index in [4.69, 9.17) is 11.5 Å². The molecule has 4 bridgehead atoms. The third-order valence-electron chi connectivity index (χ3n) is 15.2. The van der Waals surface area contributed by atoms with E-state index in [-0.39, 0.29) is 38.8 Å². The fourth-order valence-corrected chi connectivity index (χ4v) is 12.4. The zero-order valence-electron chi connectivity index (χ0n) is 35.5. The largest absolute Gasteiger partial charge is 0.465 e. The van der Waals surface area contributed by atoms with Gasteiger partial charge in [0, 0.05) is 41.4 Å². The van der Waals surface area contributed by atoms with Crippen LogP contribution in [-0.2, 0) is 43.1 Å². The van der Waals surface area contributed by atoms with Crippen LogP contribution in [0.4, 0.5) is 19.7 Å². The number of carbonyl (C=O) groups is 6. The van der Waals surface area contributed by atoms with Gasteiger partial charge in [0.1, 0.15) is 16.9 Å². The number of hydrogen-bond donors (Lipinski definition) is 6. The van der Waals surface area contributed by atoms with Gasteiger partial charge in [-0.1, -0.05) is 76.2 Å². The highest BCUT2D eigenvalue weighted by Gasteiger charge is 2.69. The zero-order valence-corrected chi connectivity index (χ0v) is 35.5. The number of fused-ring (bicyclic) bond motifs is 8. The molecule has 16 heteroatoms. The predicted octanol–water partition coefficient (Wildman–Crippen LogP) is 5.00. The molecule has 2 saturated heterocycles. The van der Waals surface area contributed by atoms with E-state index in [0.717, 1.165) is 11.1 Å². The van der Waals surface area contributed by atoms with Gasteiger partial charge < -0.3 is 26.6 Å². The molecule has 2 aliphatic heterocycles. The fraction of sp³-hybridized carbons (Fsp3) is 0.478. The highest BCUT2D eigenvalue weighted by molar-refractivity contribution is 6.00. The lowest BCUT2D eigenvalue weighted by Gasteiger charge is -2.60. The first kappa shape index (κ1) is 44.2. The minimum atomic E-state index is -1.84. The molecule has 6 unspecified atom stereocenters. The van der Waals surface area contributed by atoms with Crippen LogP contribution in [0.5, 0.6) is 0 Å². The number of rotatable bonds is 13. The molecule has 8 atom stereocenters. The first-order chi connectivity index (χ1) is 29.5. The maximum atomic E-state index is 15.3. The Morgan fingerprint density at radius 2 is 1.05 bits per heavy atom. The molecule has 6 aliphatic rings. The Morgan fingerprint density at radius 1 is 0.677 bits per heavy atom. The summed E-state index contributed by atoms with van der Waals surface area (Å²) in [4.78, 5) is 88.9. The molecule has 9 rings (SSSR count). The van der Waals surface area contributed by atoms with Crippen molar-refractivity contribution in [3.05, 3.63) is 101 Å². The van der Waals surface area contributed by atoms with Crippen LogP contribution in [0, 0.1) is 28.5 Å². The van der Waals surface area contributed by atoms with E-state index in [2.05, 4.69) is 10.6 Å². The normalized spacial score (nSPS) is 29.0. The van der Waals surface area contributed by atoms with Gasteiger partial charge in [0.2, 0.25) is 11.8 Å². The van der Waals surface area contributed by atoms with Gasteiger partial charge >= 0.3 is 12.2 Å². The van der Waals surface area contributed by atoms with Gasteiger partial charge in [0.15, 0.2) is 0 Å². The smallest absolute Gasteiger partial charge is 0.411 e. The number of nitrogens with zero attached hydrogens (tertiary/aromatic N) is 3. The van der Waals surface area contributed by atoms with Crippen LogP contribution < -0.4 is 27.0 Å². The first-order valence-electron chi connectivity index (χ1n) is 21.4. The maximum Gasteiger partial charge on any atom is 0.411 e. The molecule has 2 fully saturated rings. The average molecular weight is 854 g/mol. The molecular weight excluding hydrogens is 798 g/mol. The number of primary amides is 2. The topological polar surface area (TPSA) is 229 Å². The third kappa shape index (κ3) is 6.43. The van der Waals surface area contributed by atoms with Crippen molar-refractivity contribution < 1.29 is 43.4 Å². The molecule has 4 aliphatic carbocycles. The number of hydrogen-bond acceptors (Lipinski definition) is 9. The first-order valence-corrected chi connectivity index (χ1v) is 21.4. The van der Waals surface area contributed by atoms with Gasteiger partial charge in [-0.25, -0.2) is 14.0 Å². The van der Waals surface area contributed by atoms with E-state index < -0.39 is 87.7 Å². The summed E-state index contributed by atoms with van der Waals surface area (Å²) in [5.41, 5.74) is 9.13. The number of halogens is 1. The monoisotopic (exact) mass is 853 g/mol. The van der Waals surface area contributed by atoms with Crippen LogP contribution in [0.25, 0.3) is 0 Å². The molecule has 2 heterocycles. The SMILES string of the molecule is CCC1(C(C)C(N)=O)Cc2ccc(cc2)[C@@]1(C(=O)NC(=O)O)N1CCCC1N(c1ccc(F)cc1)C1CCCN1[C@]1(C(=O)NC(=O)O)c2ccc(cc2)CC1(CC)C(C)C(N)=O. The van der Waals surface area contributed by atoms with Crippen LogP contribution in [0.2, 0.25) is 0 Å². The number of benzene rings is 3. The lowest BCUT2D eigenvalue weighted by Crippen LogP contribution is -2.74. The molecule has 0 radical (unpaired) electrons. The van der Waals surface area contributed by atoms with E-state index in [1.165, 1.54) is 12.1 Å². The van der Waals surface area contributed by atoms with Gasteiger partial charge in [0.05, 0.1) is 12.3 Å². The van der Waals surface area contributed by atoms with Crippen LogP contribution in [-0.4, -0.2) is 81.2 Å². The number of likely N-dealkylation sites (tertiary alicyclic amines) is 2. The molecule has 0 saturated carbocycles. The summed E-state index contributed by atoms with van der Waals surface area (Å²) in [6, 6.07) is 20.5. The van der Waals surface area contributed by atoms with Crippen molar-refractivity contribution in [2.24, 2.45) is 34.1 Å². The quantitative estimate of drug-likeness (QED) is 0.134. The third-order valence-corrected chi connectivity index (χ3v) is 15.2. The van der Waals surface area contributed by atoms with Gasteiger partial charge in [-0.15, -0.1) is 0 Å². The second-order valence-corrected chi connectivity index (χ2v) is 17.5. The number of nitrogens with one attached hydrogen (secondary N) is 2. The molecule has 3 aromatic carbocycles. The molecule has 0 spiro atoms. The maximum absolute atomic E-state index is 15.3. The fourth-order valence-electron chi connectivity index (χ4n) is 12.4. The minimum absolute atomic E-state index is 0.199. The Balaban J connectivity index is 1.53. The lowest BCUT2D eigenvalue weighted by atomic mass is 9.55. The van der Waals surface area contributed by atoms with Crippen molar-refractivity contribution in [2.75, 3.05) is 18.0 Å². The summed E-state index contributed by atoms with van der Waals surface area (Å²) in [6.45, 7) is 7.57. The highest BCUT2D eigenvalue weighted by atomic mass is 19.1. The van der Waals surface area contributed by atoms with Crippen LogP contribution in [0.1, 0.15) is 88.5 Å². The summed E-state index contributed by atoms with van der Waals surface area (Å²) in [7, 11) is 0. The van der Waals surface area contributed by atoms with Crippen molar-refractivity contribution >= 4 is 41.5 Å². The van der Waals surface area contributed by atoms with Crippen molar-refractivity contribution in [3.63, 3.8) is 0 Å². The molecule has 0 aromatic heterocycles. The number of amides is 6. The van der Waals surface area contributed by atoms with Gasteiger partial charge in [-0.05, 0) is 97.9 Å². The summed E-state index contributed by atoms with van der Waals surface area (Å²) in [5, 5.41) is 24.9. The van der Waals surface area contributed by atoms with Crippen LogP contribution in [0.3, 0.4) is 0 Å². The van der Waals surface area contributed by atoms with Crippen molar-refractivity contribution in [1.29, 1.82) is 0 Å². The van der Waals surface area contributed by atoms with Crippen LogP contribution >= 0.6 is 0 Å². The summed E-state index contributed by atoms with van der Waals surface area (Å²) < 4.78 is 14.9. The molecule has 62 heavy (non-hydrogen) atoms. The van der Waals surface area contributed by atoms with Crippen molar-refractivity contribution in [2.45, 2.75) is 102 Å². The van der Waals surface area contributed by atoms with Crippen LogP contribution in [0.15, 0.2) is 72.8 Å². The minimum Gasteiger partial charge on any atom is -0.465 e. The van der Waals surface area contributed by atoms with E-state index in [1.54, 1.807) is 50.2 Å². The van der Waals surface area contributed by atoms with E-state index >= 15 is 9.59 Å². The average Bonchev–Trinajstić information content (AvgIpc) is 3.79. The van der Waals surface area contributed by atoms with Gasteiger partial charge in [-0.3, -0.25) is 39.6 Å². The Morgan fingerprint density at radius 3 is 1.37 bits per heavy atom. The molecule has 330 valence electrons. The number of imide groups is 2. The lowest BCUT2D eigenvalue weighted by molar-refractivity contribution is -0.160. The molecule has 8 N–H and O–H groups in total. The highest BCUT2D eigenvalue weighted by Crippen LogP contribution is 2.61. The van der Waals surface area contributed by atoms with Gasteiger partial charge in [0.25, 0.3) is 11.8 Å². The number of nitrogens with two attached hydrogens (primary N) is 2. The Hall–Kier alpha value is -5.87. The molecule has 15 nitrogen and oxygen atoms in total. The summed E-state index contributed by atoms with van der Waals surface area (Å²) in [6.07, 6.45) is -2.08. The van der Waals surface area contributed by atoms with E-state index in [1.807, 2.05) is 52.8 Å². The summed E-state index contributed by atoms with van der Waals surface area (Å²) >= 11 is 0. The van der Waals surface area contributed by atoms with Crippen molar-refractivity contribution in [3.8, 4) is 0 Å². The molecule has 6 amide bonds. The Labute approximate surface area is 360 Å². The molecular formula is C46H56FN7O8. The van der Waals surface area contributed by atoms with Gasteiger partial charge in [-0.2, -0.15) is 0 Å². The van der Waals surface area contributed by atoms with E-state index in [0.29, 0.717) is 42.5 Å². The summed E-state index contributed by atoms with van der Waals surface area (Å²) in [5.74, 6) is -5.48. The van der Waals surface area contributed by atoms with Crippen molar-refractivity contribution in [1.82, 2.24) is 20.4 Å². The standard InChI is InChI=1S/C46H56FN7O8/c1-5-43(27(3)37(48)55)25-29-11-15-31(16-12-29)45(43,39(57)50-41(59)60)52-23-7-9-35(52)54(34-21-19-33(47)20-22-34)36-10-8-24-53(36)46(40(58)51-42(61)62)32-17-13-30(14-18-32)26-44(46,6-2)28(4)38(49)56/h11-22,27-28,35-36H,5-10,23-26H2,1-4H3,(H2,48,55)(H2,49,56)(H,50,57)(H,51,58)(H,59,60)(H,61,62)/t27?,28?,35?,36?,43?,44?,45-,46-/m0/s1. The number of anilines is 1. The number of carboxylic acid groups (broad SMARTS) is 2. The Bertz CT molecular complexity index is 2120. The number of carbonyl (C=O) groups excluding carboxylic acids is 4. The van der Waals surface area contributed by atoms with E-state index in [9.17, 15) is 33.8 Å².